The molecule has 0 radical (unpaired) electrons. The van der Waals surface area contributed by atoms with E-state index in [1.54, 1.807) is 13.1 Å². The van der Waals surface area contributed by atoms with E-state index in [9.17, 15) is 0 Å². The second kappa shape index (κ2) is 8.52. The van der Waals surface area contributed by atoms with Crippen LogP contribution in [0.5, 0.6) is 0 Å². The number of hydrogen-bond acceptors (Lipinski definition) is 3. The summed E-state index contributed by atoms with van der Waals surface area (Å²) in [4.78, 5) is 3.91. The molecule has 0 aliphatic rings. The van der Waals surface area contributed by atoms with Gasteiger partial charge in [-0.05, 0) is 29.0 Å². The van der Waals surface area contributed by atoms with Crippen molar-refractivity contribution in [2.45, 2.75) is 20.8 Å². The minimum absolute atomic E-state index is 0.483. The van der Waals surface area contributed by atoms with Crippen LogP contribution >= 0.6 is 28.4 Å². The van der Waals surface area contributed by atoms with E-state index < -0.39 is 0 Å². The first-order valence-corrected chi connectivity index (χ1v) is 8.87. The van der Waals surface area contributed by atoms with Gasteiger partial charge >= 0.3 is 0 Å². The van der Waals surface area contributed by atoms with Gasteiger partial charge in [-0.1, -0.05) is 13.8 Å². The Hall–Kier alpha value is -0.620. The van der Waals surface area contributed by atoms with E-state index in [1.807, 2.05) is 24.5 Å². The molecule has 1 rings (SSSR count). The molecule has 5 nitrogen and oxygen atoms in total. The van der Waals surface area contributed by atoms with Gasteiger partial charge in [-0.2, -0.15) is 5.10 Å². The van der Waals surface area contributed by atoms with Gasteiger partial charge < -0.3 is 11.5 Å². The molecular weight excluding hydrogens is 336 g/mol. The van der Waals surface area contributed by atoms with Crippen LogP contribution in [0.25, 0.3) is 5.70 Å². The van der Waals surface area contributed by atoms with Crippen LogP contribution in [-0.4, -0.2) is 15.4 Å². The van der Waals surface area contributed by atoms with Crippen LogP contribution in [0.4, 0.5) is 0 Å². The smallest absolute Gasteiger partial charge is 0.0958 e. The molecule has 0 bridgehead atoms. The summed E-state index contributed by atoms with van der Waals surface area (Å²) in [5.74, 6) is 0.483. The Morgan fingerprint density at radius 1 is 1.56 bits per heavy atom. The van der Waals surface area contributed by atoms with Gasteiger partial charge in [0.15, 0.2) is 0 Å². The number of aliphatic imine (C=N–C) groups is 1. The number of amidine groups is 1. The average molecular weight is 353 g/mol. The van der Waals surface area contributed by atoms with Crippen LogP contribution in [0, 0.1) is 0 Å². The lowest BCUT2D eigenvalue weighted by atomic mass is 10.3. The van der Waals surface area contributed by atoms with Gasteiger partial charge in [0.05, 0.1) is 30.3 Å². The molecule has 1 aromatic heterocycles. The molecule has 0 aliphatic heterocycles. The largest absolute Gasteiger partial charge is 0.397 e. The fraction of sp³-hybridized carbons (Fsp3) is 0.333. The second-order valence-electron chi connectivity index (χ2n) is 2.61. The van der Waals surface area contributed by atoms with Gasteiger partial charge in [-0.15, -0.1) is 0 Å². The summed E-state index contributed by atoms with van der Waals surface area (Å²) in [5.41, 5.74) is 12.6. The summed E-state index contributed by atoms with van der Waals surface area (Å²) >= 11 is 2.24. The van der Waals surface area contributed by atoms with Gasteiger partial charge in [0.2, 0.25) is 0 Å². The van der Waals surface area contributed by atoms with Crippen LogP contribution < -0.4 is 11.5 Å². The maximum absolute atomic E-state index is 5.76. The molecule has 1 unspecified atom stereocenters. The quantitative estimate of drug-likeness (QED) is 0.379. The molecule has 0 amide bonds. The number of nitrogens with zero attached hydrogens (tertiary/aromatic N) is 3. The highest BCUT2D eigenvalue weighted by Crippen LogP contribution is 2.23. The molecule has 1 aromatic rings. The Morgan fingerprint density at radius 3 is 2.62 bits per heavy atom. The van der Waals surface area contributed by atoms with Crippen molar-refractivity contribution < 1.29 is 0 Å². The summed E-state index contributed by atoms with van der Waals surface area (Å²) in [5, 5.41) is 4.10. The van der Waals surface area contributed by atoms with Crippen molar-refractivity contribution in [2.24, 2.45) is 16.5 Å². The first-order chi connectivity index (χ1) is 7.63. The maximum atomic E-state index is 5.76. The minimum atomic E-state index is 0.483. The van der Waals surface area contributed by atoms with Crippen molar-refractivity contribution in [1.82, 2.24) is 9.55 Å². The Bertz CT molecular complexity index is 368. The lowest BCUT2D eigenvalue weighted by Gasteiger charge is -1.94. The Morgan fingerprint density at radius 2 is 2.19 bits per heavy atom. The average Bonchev–Trinajstić information content (AvgIpc) is 2.77. The summed E-state index contributed by atoms with van der Waals surface area (Å²) in [6.45, 7) is 5.71. The predicted molar refractivity (Wildman–Crippen MR) is 80.8 cm³/mol. The highest BCUT2D eigenvalue weighted by molar-refractivity contribution is 14.2. The number of hydrogen-bond donors (Lipinski definition) is 2. The Labute approximate surface area is 111 Å². The lowest BCUT2D eigenvalue weighted by Crippen LogP contribution is -2.04. The molecule has 90 valence electrons. The third kappa shape index (κ3) is 5.46. The van der Waals surface area contributed by atoms with E-state index in [4.69, 9.17) is 11.5 Å². The number of halogens is 1. The summed E-state index contributed by atoms with van der Waals surface area (Å²) < 4.78 is 1.82. The highest BCUT2D eigenvalue weighted by Gasteiger charge is 1.99. The zero-order chi connectivity index (χ0) is 12.6. The van der Waals surface area contributed by atoms with Crippen molar-refractivity contribution in [3.05, 3.63) is 24.2 Å². The number of nitrogens with two attached hydrogens (primary N) is 2. The molecule has 16 heavy (non-hydrogen) atoms. The zero-order valence-corrected chi connectivity index (χ0v) is 12.8. The number of rotatable bonds is 3. The standard InChI is InChI=1S/C7H11IN5P.C2H6/c1-5(9)11-3-7(10)6-2-12-13(4-6)14-8;1-2/h2-4,14H,10H2,1H3,(H2,9,11);1-2H3/b7-3-;. The summed E-state index contributed by atoms with van der Waals surface area (Å²) in [6, 6.07) is 0. The van der Waals surface area contributed by atoms with Crippen molar-refractivity contribution >= 4 is 39.9 Å². The van der Waals surface area contributed by atoms with Crippen molar-refractivity contribution in [3.8, 4) is 0 Å². The van der Waals surface area contributed by atoms with Gasteiger partial charge in [0.25, 0.3) is 0 Å². The summed E-state index contributed by atoms with van der Waals surface area (Å²) in [6.07, 6.45) is 5.69. The monoisotopic (exact) mass is 353 g/mol. The SMILES string of the molecule is CC.CC(N)=N/C=C(\N)c1cnn(PI)c1. The third-order valence-electron chi connectivity index (χ3n) is 1.41. The highest BCUT2D eigenvalue weighted by atomic mass is 127. The molecule has 7 heteroatoms. The molecule has 4 N–H and O–H groups in total. The first-order valence-electron chi connectivity index (χ1n) is 4.80. The van der Waals surface area contributed by atoms with Crippen LogP contribution in [0.2, 0.25) is 0 Å². The summed E-state index contributed by atoms with van der Waals surface area (Å²) in [7, 11) is 0. The topological polar surface area (TPSA) is 82.2 Å². The first kappa shape index (κ1) is 15.4. The van der Waals surface area contributed by atoms with E-state index in [0.29, 0.717) is 17.9 Å². The zero-order valence-electron chi connectivity index (χ0n) is 9.61. The molecule has 0 spiro atoms. The Balaban J connectivity index is 0.00000106. The molecular formula is C9H17IN5P. The van der Waals surface area contributed by atoms with Gasteiger partial charge in [0.1, 0.15) is 0 Å². The Kier molecular flexibility index (Phi) is 8.19. The predicted octanol–water partition coefficient (Wildman–Crippen LogP) is 2.34. The number of aromatic nitrogens is 2. The van der Waals surface area contributed by atoms with Crippen LogP contribution in [0.1, 0.15) is 26.3 Å². The van der Waals surface area contributed by atoms with E-state index in [-0.39, 0.29) is 0 Å². The minimum Gasteiger partial charge on any atom is -0.397 e. The van der Waals surface area contributed by atoms with Crippen molar-refractivity contribution in [2.75, 3.05) is 0 Å². The second-order valence-corrected chi connectivity index (χ2v) is 4.69. The van der Waals surface area contributed by atoms with Crippen LogP contribution in [0.3, 0.4) is 0 Å². The van der Waals surface area contributed by atoms with Crippen molar-refractivity contribution in [1.29, 1.82) is 0 Å². The van der Waals surface area contributed by atoms with Gasteiger partial charge in [0, 0.05) is 11.8 Å². The third-order valence-corrected chi connectivity index (χ3v) is 3.31. The van der Waals surface area contributed by atoms with E-state index in [1.165, 1.54) is 6.20 Å². The molecule has 0 saturated carbocycles. The molecule has 0 aliphatic carbocycles. The van der Waals surface area contributed by atoms with Crippen LogP contribution in [-0.2, 0) is 0 Å². The van der Waals surface area contributed by atoms with E-state index in [0.717, 1.165) is 5.56 Å². The van der Waals surface area contributed by atoms with E-state index >= 15 is 0 Å². The fourth-order valence-corrected chi connectivity index (χ4v) is 1.84. The molecule has 0 saturated heterocycles. The van der Waals surface area contributed by atoms with Crippen molar-refractivity contribution in [3.63, 3.8) is 0 Å². The van der Waals surface area contributed by atoms with Gasteiger partial charge in [-0.3, -0.25) is 0 Å². The normalized spacial score (nSPS) is 12.8. The maximum Gasteiger partial charge on any atom is 0.0958 e. The lowest BCUT2D eigenvalue weighted by molar-refractivity contribution is 1.01. The molecule has 1 atom stereocenters. The van der Waals surface area contributed by atoms with Crippen LogP contribution in [0.15, 0.2) is 23.6 Å². The molecule has 0 aromatic carbocycles. The van der Waals surface area contributed by atoms with E-state index in [2.05, 4.69) is 32.1 Å². The molecule has 1 heterocycles. The fourth-order valence-electron chi connectivity index (χ4n) is 0.764. The molecule has 0 fully saturated rings. The van der Waals surface area contributed by atoms with Gasteiger partial charge in [-0.25, -0.2) is 9.44 Å².